The van der Waals surface area contributed by atoms with Crippen LogP contribution in [-0.4, -0.2) is 33.4 Å². The van der Waals surface area contributed by atoms with Crippen LogP contribution >= 0.6 is 0 Å². The number of benzene rings is 1. The first-order valence-corrected chi connectivity index (χ1v) is 7.90. The Kier molecular flexibility index (Phi) is 5.74. The van der Waals surface area contributed by atoms with E-state index in [9.17, 15) is 0 Å². The second kappa shape index (κ2) is 7.55. The van der Waals surface area contributed by atoms with Crippen molar-refractivity contribution in [3.8, 4) is 11.5 Å². The van der Waals surface area contributed by atoms with E-state index in [1.54, 1.807) is 14.2 Å². The highest BCUT2D eigenvalue weighted by Crippen LogP contribution is 2.36. The van der Waals surface area contributed by atoms with Gasteiger partial charge in [-0.15, -0.1) is 0 Å². The van der Waals surface area contributed by atoms with Crippen LogP contribution in [0.5, 0.6) is 11.5 Å². The summed E-state index contributed by atoms with van der Waals surface area (Å²) < 4.78 is 10.8. The lowest BCUT2D eigenvalue weighted by atomic mass is 9.98. The lowest BCUT2D eigenvalue weighted by Crippen LogP contribution is -2.22. The first-order chi connectivity index (χ1) is 10.2. The van der Waals surface area contributed by atoms with Crippen LogP contribution in [0.25, 0.3) is 0 Å². The zero-order valence-corrected chi connectivity index (χ0v) is 13.5. The van der Waals surface area contributed by atoms with Crippen LogP contribution in [0.1, 0.15) is 32.6 Å². The minimum Gasteiger partial charge on any atom is -0.497 e. The second-order valence-electron chi connectivity index (χ2n) is 5.88. The highest BCUT2D eigenvalue weighted by molar-refractivity contribution is 5.62. The molecule has 1 fully saturated rings. The molecule has 2 rings (SSSR count). The third-order valence-electron chi connectivity index (χ3n) is 4.48. The van der Waals surface area contributed by atoms with E-state index in [0.717, 1.165) is 49.0 Å². The van der Waals surface area contributed by atoms with E-state index in [1.165, 1.54) is 12.8 Å². The molecule has 0 radical (unpaired) electrons. The van der Waals surface area contributed by atoms with Gasteiger partial charge in [-0.05, 0) is 43.7 Å². The van der Waals surface area contributed by atoms with Gasteiger partial charge in [-0.25, -0.2) is 0 Å². The van der Waals surface area contributed by atoms with Crippen molar-refractivity contribution in [2.45, 2.75) is 38.6 Å². The fourth-order valence-corrected chi connectivity index (χ4v) is 2.98. The molecule has 0 saturated carbocycles. The molecule has 1 saturated heterocycles. The SMILES string of the molecule is CCC(N)CCC1CCN(c2cc(OC)ccc2OC)C1. The van der Waals surface area contributed by atoms with Crippen molar-refractivity contribution in [2.75, 3.05) is 32.2 Å². The maximum Gasteiger partial charge on any atom is 0.142 e. The maximum absolute atomic E-state index is 6.03. The third kappa shape index (κ3) is 4.03. The molecule has 0 amide bonds. The first-order valence-electron chi connectivity index (χ1n) is 7.90. The molecular weight excluding hydrogens is 264 g/mol. The molecule has 0 aromatic heterocycles. The van der Waals surface area contributed by atoms with E-state index >= 15 is 0 Å². The van der Waals surface area contributed by atoms with E-state index in [2.05, 4.69) is 17.9 Å². The highest BCUT2D eigenvalue weighted by atomic mass is 16.5. The maximum atomic E-state index is 6.03. The smallest absolute Gasteiger partial charge is 0.142 e. The zero-order chi connectivity index (χ0) is 15.2. The van der Waals surface area contributed by atoms with Crippen molar-refractivity contribution in [1.29, 1.82) is 0 Å². The lowest BCUT2D eigenvalue weighted by molar-refractivity contribution is 0.403. The van der Waals surface area contributed by atoms with Crippen LogP contribution in [0.2, 0.25) is 0 Å². The van der Waals surface area contributed by atoms with Gasteiger partial charge in [-0.3, -0.25) is 0 Å². The van der Waals surface area contributed by atoms with Crippen molar-refractivity contribution in [3.63, 3.8) is 0 Å². The molecule has 2 N–H and O–H groups in total. The number of hydrogen-bond acceptors (Lipinski definition) is 4. The molecule has 0 aliphatic carbocycles. The molecule has 0 bridgehead atoms. The fourth-order valence-electron chi connectivity index (χ4n) is 2.98. The van der Waals surface area contributed by atoms with Gasteiger partial charge in [0.05, 0.1) is 19.9 Å². The zero-order valence-electron chi connectivity index (χ0n) is 13.5. The molecule has 1 aromatic carbocycles. The molecule has 0 spiro atoms. The van der Waals surface area contributed by atoms with Crippen molar-refractivity contribution in [1.82, 2.24) is 0 Å². The Morgan fingerprint density at radius 1 is 1.33 bits per heavy atom. The van der Waals surface area contributed by atoms with Crippen LogP contribution in [0, 0.1) is 5.92 Å². The van der Waals surface area contributed by atoms with Gasteiger partial charge >= 0.3 is 0 Å². The molecule has 2 unspecified atom stereocenters. The van der Waals surface area contributed by atoms with E-state index in [4.69, 9.17) is 15.2 Å². The van der Waals surface area contributed by atoms with Crippen LogP contribution in [0.15, 0.2) is 18.2 Å². The van der Waals surface area contributed by atoms with Crippen LogP contribution in [0.4, 0.5) is 5.69 Å². The molecule has 1 aromatic rings. The molecule has 1 heterocycles. The molecule has 1 aliphatic rings. The number of ether oxygens (including phenoxy) is 2. The fraction of sp³-hybridized carbons (Fsp3) is 0.647. The molecule has 2 atom stereocenters. The minimum atomic E-state index is 0.352. The second-order valence-corrected chi connectivity index (χ2v) is 5.88. The van der Waals surface area contributed by atoms with Gasteiger partial charge in [0, 0.05) is 25.2 Å². The monoisotopic (exact) mass is 292 g/mol. The van der Waals surface area contributed by atoms with E-state index in [0.29, 0.717) is 6.04 Å². The van der Waals surface area contributed by atoms with Crippen LogP contribution < -0.4 is 20.1 Å². The van der Waals surface area contributed by atoms with Gasteiger partial charge < -0.3 is 20.1 Å². The largest absolute Gasteiger partial charge is 0.497 e. The topological polar surface area (TPSA) is 47.7 Å². The van der Waals surface area contributed by atoms with Gasteiger partial charge in [-0.1, -0.05) is 6.92 Å². The van der Waals surface area contributed by atoms with E-state index in [-0.39, 0.29) is 0 Å². The summed E-state index contributed by atoms with van der Waals surface area (Å²) in [7, 11) is 3.42. The molecule has 4 heteroatoms. The first kappa shape index (κ1) is 16.0. The number of hydrogen-bond donors (Lipinski definition) is 1. The van der Waals surface area contributed by atoms with Crippen molar-refractivity contribution < 1.29 is 9.47 Å². The standard InChI is InChI=1S/C17H28N2O2/c1-4-14(18)6-5-13-9-10-19(12-13)16-11-15(20-2)7-8-17(16)21-3/h7-8,11,13-14H,4-6,9-10,12,18H2,1-3H3. The average Bonchev–Trinajstić information content (AvgIpc) is 3.00. The van der Waals surface area contributed by atoms with Crippen LogP contribution in [0.3, 0.4) is 0 Å². The molecule has 21 heavy (non-hydrogen) atoms. The molecule has 118 valence electrons. The normalized spacial score (nSPS) is 19.6. The molecule has 1 aliphatic heterocycles. The van der Waals surface area contributed by atoms with Gasteiger partial charge in [-0.2, -0.15) is 0 Å². The van der Waals surface area contributed by atoms with E-state index in [1.807, 2.05) is 12.1 Å². The summed E-state index contributed by atoms with van der Waals surface area (Å²) in [4.78, 5) is 2.41. The average molecular weight is 292 g/mol. The van der Waals surface area contributed by atoms with Crippen molar-refractivity contribution >= 4 is 5.69 Å². The molecular formula is C17H28N2O2. The number of nitrogens with zero attached hydrogens (tertiary/aromatic N) is 1. The third-order valence-corrected chi connectivity index (χ3v) is 4.48. The number of rotatable bonds is 7. The summed E-state index contributed by atoms with van der Waals surface area (Å²) in [5.74, 6) is 2.53. The summed E-state index contributed by atoms with van der Waals surface area (Å²) in [5.41, 5.74) is 7.17. The van der Waals surface area contributed by atoms with Gasteiger partial charge in [0.25, 0.3) is 0 Å². The van der Waals surface area contributed by atoms with Crippen molar-refractivity contribution in [2.24, 2.45) is 11.7 Å². The summed E-state index contributed by atoms with van der Waals surface area (Å²) >= 11 is 0. The summed E-state index contributed by atoms with van der Waals surface area (Å²) in [6, 6.07) is 6.34. The summed E-state index contributed by atoms with van der Waals surface area (Å²) in [6.07, 6.45) is 4.65. The minimum absolute atomic E-state index is 0.352. The Morgan fingerprint density at radius 3 is 2.81 bits per heavy atom. The van der Waals surface area contributed by atoms with Gasteiger partial charge in [0.2, 0.25) is 0 Å². The predicted molar refractivity (Wildman–Crippen MR) is 87.4 cm³/mol. The van der Waals surface area contributed by atoms with Gasteiger partial charge in [0.1, 0.15) is 11.5 Å². The Labute approximate surface area is 128 Å². The Hall–Kier alpha value is -1.42. The van der Waals surface area contributed by atoms with Crippen molar-refractivity contribution in [3.05, 3.63) is 18.2 Å². The Bertz CT molecular complexity index is 450. The van der Waals surface area contributed by atoms with E-state index < -0.39 is 0 Å². The quantitative estimate of drug-likeness (QED) is 0.839. The highest BCUT2D eigenvalue weighted by Gasteiger charge is 2.25. The molecule has 4 nitrogen and oxygen atoms in total. The van der Waals surface area contributed by atoms with Gasteiger partial charge in [0.15, 0.2) is 0 Å². The number of methoxy groups -OCH3 is 2. The summed E-state index contributed by atoms with van der Waals surface area (Å²) in [5, 5.41) is 0. The number of anilines is 1. The lowest BCUT2D eigenvalue weighted by Gasteiger charge is -2.22. The Balaban J connectivity index is 2.00. The number of nitrogens with two attached hydrogens (primary N) is 1. The Morgan fingerprint density at radius 2 is 2.14 bits per heavy atom. The predicted octanol–water partition coefficient (Wildman–Crippen LogP) is 3.05. The summed E-state index contributed by atoms with van der Waals surface area (Å²) in [6.45, 7) is 4.32. The van der Waals surface area contributed by atoms with Crippen LogP contribution in [-0.2, 0) is 0 Å².